The highest BCUT2D eigenvalue weighted by atomic mass is 32.2. The minimum absolute atomic E-state index is 0.219. The average molecular weight is 306 g/mol. The highest BCUT2D eigenvalue weighted by Gasteiger charge is 2.19. The summed E-state index contributed by atoms with van der Waals surface area (Å²) in [6.45, 7) is 3.59. The van der Waals surface area contributed by atoms with Crippen LogP contribution in [0.3, 0.4) is 0 Å². The third-order valence-electron chi connectivity index (χ3n) is 3.19. The predicted octanol–water partition coefficient (Wildman–Crippen LogP) is 2.44. The molecule has 1 N–H and O–H groups in total. The molecule has 0 aliphatic rings. The van der Waals surface area contributed by atoms with Gasteiger partial charge in [-0.2, -0.15) is 0 Å². The van der Waals surface area contributed by atoms with E-state index >= 15 is 0 Å². The first-order chi connectivity index (χ1) is 9.94. The van der Waals surface area contributed by atoms with Gasteiger partial charge in [-0.15, -0.1) is 0 Å². The summed E-state index contributed by atoms with van der Waals surface area (Å²) in [5, 5.41) is 0. The van der Waals surface area contributed by atoms with Crippen molar-refractivity contribution in [2.75, 3.05) is 7.11 Å². The van der Waals surface area contributed by atoms with E-state index in [0.29, 0.717) is 5.75 Å². The number of nitrogens with zero attached hydrogens (tertiary/aromatic N) is 1. The van der Waals surface area contributed by atoms with Gasteiger partial charge in [0.05, 0.1) is 12.0 Å². The molecule has 0 fully saturated rings. The van der Waals surface area contributed by atoms with Gasteiger partial charge in [0.25, 0.3) is 0 Å². The summed E-state index contributed by atoms with van der Waals surface area (Å²) in [7, 11) is -2.03. The zero-order valence-electron chi connectivity index (χ0n) is 12.2. The lowest BCUT2D eigenvalue weighted by molar-refractivity contribution is 0.411. The molecule has 0 saturated carbocycles. The number of methoxy groups -OCH3 is 1. The fourth-order valence-electron chi connectivity index (χ4n) is 2.02. The first kappa shape index (κ1) is 15.5. The van der Waals surface area contributed by atoms with E-state index in [1.165, 1.54) is 6.07 Å². The maximum Gasteiger partial charge on any atom is 0.241 e. The fraction of sp³-hybridized carbons (Fsp3) is 0.267. The second-order valence-electron chi connectivity index (χ2n) is 4.76. The van der Waals surface area contributed by atoms with Crippen molar-refractivity contribution < 1.29 is 13.2 Å². The van der Waals surface area contributed by atoms with Crippen LogP contribution in [-0.4, -0.2) is 20.5 Å². The summed E-state index contributed by atoms with van der Waals surface area (Å²) in [5.74, 6) is 0.661. The van der Waals surface area contributed by atoms with E-state index in [4.69, 9.17) is 4.74 Å². The van der Waals surface area contributed by atoms with Crippen molar-refractivity contribution in [3.05, 3.63) is 53.9 Å². The van der Waals surface area contributed by atoms with Crippen molar-refractivity contribution in [1.82, 2.24) is 9.71 Å². The number of hydrogen-bond donors (Lipinski definition) is 1. The van der Waals surface area contributed by atoms with E-state index in [0.717, 1.165) is 11.1 Å². The van der Waals surface area contributed by atoms with Gasteiger partial charge >= 0.3 is 0 Å². The molecule has 0 aliphatic heterocycles. The summed E-state index contributed by atoms with van der Waals surface area (Å²) in [4.78, 5) is 4.21. The Bertz CT molecular complexity index is 715. The highest BCUT2D eigenvalue weighted by Crippen LogP contribution is 2.22. The quantitative estimate of drug-likeness (QED) is 0.921. The summed E-state index contributed by atoms with van der Waals surface area (Å²) in [5.41, 5.74) is 1.58. The molecule has 112 valence electrons. The smallest absolute Gasteiger partial charge is 0.241 e. The minimum atomic E-state index is -3.59. The summed E-state index contributed by atoms with van der Waals surface area (Å²) < 4.78 is 32.6. The van der Waals surface area contributed by atoms with Gasteiger partial charge in [0.15, 0.2) is 0 Å². The van der Waals surface area contributed by atoms with Crippen LogP contribution in [0, 0.1) is 6.92 Å². The van der Waals surface area contributed by atoms with E-state index in [1.807, 2.05) is 13.0 Å². The summed E-state index contributed by atoms with van der Waals surface area (Å²) in [6, 6.07) is 8.03. The van der Waals surface area contributed by atoms with Gasteiger partial charge in [0.1, 0.15) is 5.75 Å². The van der Waals surface area contributed by atoms with Crippen molar-refractivity contribution in [2.24, 2.45) is 0 Å². The molecule has 2 aromatic rings. The molecule has 1 aromatic heterocycles. The molecule has 0 radical (unpaired) electrons. The molecule has 1 aromatic carbocycles. The second-order valence-corrected chi connectivity index (χ2v) is 6.47. The largest absolute Gasteiger partial charge is 0.496 e. The molecule has 0 unspecified atom stereocenters. The van der Waals surface area contributed by atoms with Crippen LogP contribution < -0.4 is 9.46 Å². The molecule has 0 saturated heterocycles. The Morgan fingerprint density at radius 2 is 2.05 bits per heavy atom. The van der Waals surface area contributed by atoms with E-state index < -0.39 is 10.0 Å². The molecular weight excluding hydrogens is 288 g/mol. The van der Waals surface area contributed by atoms with Crippen molar-refractivity contribution in [2.45, 2.75) is 24.8 Å². The Balaban J connectivity index is 2.24. The Morgan fingerprint density at radius 3 is 2.62 bits per heavy atom. The number of aryl methyl sites for hydroxylation is 1. The van der Waals surface area contributed by atoms with Crippen molar-refractivity contribution in [1.29, 1.82) is 0 Å². The molecule has 0 amide bonds. The first-order valence-corrected chi connectivity index (χ1v) is 7.99. The molecule has 0 spiro atoms. The predicted molar refractivity (Wildman–Crippen MR) is 80.7 cm³/mol. The van der Waals surface area contributed by atoms with Crippen LogP contribution in [0.2, 0.25) is 0 Å². The van der Waals surface area contributed by atoms with Crippen LogP contribution in [0.1, 0.15) is 24.1 Å². The Labute approximate surface area is 125 Å². The molecule has 0 aliphatic carbocycles. The second kappa shape index (κ2) is 6.24. The highest BCUT2D eigenvalue weighted by molar-refractivity contribution is 7.89. The van der Waals surface area contributed by atoms with Gasteiger partial charge in [-0.1, -0.05) is 6.07 Å². The van der Waals surface area contributed by atoms with E-state index in [-0.39, 0.29) is 10.9 Å². The van der Waals surface area contributed by atoms with Crippen LogP contribution in [0.15, 0.2) is 47.6 Å². The van der Waals surface area contributed by atoms with E-state index in [2.05, 4.69) is 9.71 Å². The number of benzene rings is 1. The van der Waals surface area contributed by atoms with Crippen molar-refractivity contribution in [3.63, 3.8) is 0 Å². The van der Waals surface area contributed by atoms with Gasteiger partial charge in [0, 0.05) is 18.4 Å². The Hall–Kier alpha value is -1.92. The molecule has 1 heterocycles. The van der Waals surface area contributed by atoms with Gasteiger partial charge in [0.2, 0.25) is 10.0 Å². The first-order valence-electron chi connectivity index (χ1n) is 6.51. The molecule has 0 bridgehead atoms. The number of rotatable bonds is 5. The molecule has 5 nitrogen and oxygen atoms in total. The van der Waals surface area contributed by atoms with Crippen LogP contribution >= 0.6 is 0 Å². The van der Waals surface area contributed by atoms with Crippen LogP contribution in [0.25, 0.3) is 0 Å². The van der Waals surface area contributed by atoms with Gasteiger partial charge in [-0.05, 0) is 49.2 Å². The van der Waals surface area contributed by atoms with E-state index in [1.54, 1.807) is 44.6 Å². The van der Waals surface area contributed by atoms with Gasteiger partial charge in [-0.25, -0.2) is 13.1 Å². The molecular formula is C15H18N2O3S. The molecule has 21 heavy (non-hydrogen) atoms. The van der Waals surface area contributed by atoms with Gasteiger partial charge < -0.3 is 4.74 Å². The van der Waals surface area contributed by atoms with Crippen LogP contribution in [0.4, 0.5) is 0 Å². The SMILES string of the molecule is COc1ccc(S(=O)(=O)N[C@@H](C)c2cccnc2)cc1C. The molecule has 1 atom stereocenters. The standard InChI is InChI=1S/C15H18N2O3S/c1-11-9-14(6-7-15(11)20-3)21(18,19)17-12(2)13-5-4-8-16-10-13/h4-10,12,17H,1-3H3/t12-/m0/s1. The third kappa shape index (κ3) is 3.59. The average Bonchev–Trinajstić information content (AvgIpc) is 2.47. The maximum atomic E-state index is 12.4. The van der Waals surface area contributed by atoms with Crippen molar-refractivity contribution >= 4 is 10.0 Å². The maximum absolute atomic E-state index is 12.4. The number of hydrogen-bond acceptors (Lipinski definition) is 4. The summed E-state index contributed by atoms with van der Waals surface area (Å²) >= 11 is 0. The molecule has 6 heteroatoms. The van der Waals surface area contributed by atoms with Crippen LogP contribution in [0.5, 0.6) is 5.75 Å². The third-order valence-corrected chi connectivity index (χ3v) is 4.73. The zero-order valence-corrected chi connectivity index (χ0v) is 13.0. The zero-order chi connectivity index (χ0) is 15.5. The van der Waals surface area contributed by atoms with Gasteiger partial charge in [-0.3, -0.25) is 4.98 Å². The number of sulfonamides is 1. The Kier molecular flexibility index (Phi) is 4.59. The van der Waals surface area contributed by atoms with Crippen LogP contribution in [-0.2, 0) is 10.0 Å². The monoisotopic (exact) mass is 306 g/mol. The lowest BCUT2D eigenvalue weighted by Gasteiger charge is -2.15. The van der Waals surface area contributed by atoms with Crippen molar-refractivity contribution in [3.8, 4) is 5.75 Å². The lowest BCUT2D eigenvalue weighted by Crippen LogP contribution is -2.27. The fourth-order valence-corrected chi connectivity index (χ4v) is 3.34. The number of nitrogens with one attached hydrogen (secondary N) is 1. The number of aromatic nitrogens is 1. The minimum Gasteiger partial charge on any atom is -0.496 e. The number of ether oxygens (including phenoxy) is 1. The molecule has 2 rings (SSSR count). The Morgan fingerprint density at radius 1 is 1.29 bits per heavy atom. The van der Waals surface area contributed by atoms with E-state index in [9.17, 15) is 8.42 Å². The topological polar surface area (TPSA) is 68.3 Å². The lowest BCUT2D eigenvalue weighted by atomic mass is 10.2. The normalized spacial score (nSPS) is 12.9. The number of pyridine rings is 1. The summed E-state index contributed by atoms with van der Waals surface area (Å²) in [6.07, 6.45) is 3.30.